The third-order valence-corrected chi connectivity index (χ3v) is 9.99. The molecule has 10 aromatic rings. The van der Waals surface area contributed by atoms with Crippen molar-refractivity contribution in [2.75, 3.05) is 0 Å². The Labute approximate surface area is 295 Å². The molecule has 51 heavy (non-hydrogen) atoms. The highest BCUT2D eigenvalue weighted by Gasteiger charge is 2.17. The van der Waals surface area contributed by atoms with Gasteiger partial charge in [-0.1, -0.05) is 121 Å². The number of rotatable bonds is 5. The minimum atomic E-state index is 0.715. The molecule has 7 aromatic carbocycles. The predicted molar refractivity (Wildman–Crippen MR) is 212 cm³/mol. The molecule has 0 spiro atoms. The second-order valence-corrected chi connectivity index (χ2v) is 13.2. The summed E-state index contributed by atoms with van der Waals surface area (Å²) in [7, 11) is 0. The van der Waals surface area contributed by atoms with Gasteiger partial charge in [-0.05, 0) is 67.6 Å². The first-order valence-electron chi connectivity index (χ1n) is 17.3. The Hall–Kier alpha value is -6.78. The third-order valence-electron chi connectivity index (χ3n) is 9.99. The zero-order valence-electron chi connectivity index (χ0n) is 28.0. The highest BCUT2D eigenvalue weighted by molar-refractivity contribution is 6.12. The molecular weight excluding hydrogens is 621 g/mol. The smallest absolute Gasteiger partial charge is 0.160 e. The van der Waals surface area contributed by atoms with Crippen LogP contribution in [-0.2, 0) is 0 Å². The summed E-state index contributed by atoms with van der Waals surface area (Å²) >= 11 is 0. The minimum Gasteiger partial charge on any atom is -0.309 e. The summed E-state index contributed by atoms with van der Waals surface area (Å²) in [6.07, 6.45) is 0. The standard InChI is InChI=1S/C47H32N4/c1-31-20-26-45-39(28-31)37-16-8-11-19-44(37)51(45)36-25-27-46-40(29-36)38-17-9-10-18-43(38)50(46)35-23-21-33(22-24-35)42-30-41(32-12-4-2-5-13-32)48-47(49-42)34-14-6-3-7-15-34/h2-30H,1H3. The van der Waals surface area contributed by atoms with E-state index in [2.05, 4.69) is 156 Å². The second-order valence-electron chi connectivity index (χ2n) is 13.2. The first kappa shape index (κ1) is 29.2. The van der Waals surface area contributed by atoms with Crippen molar-refractivity contribution in [1.29, 1.82) is 0 Å². The van der Waals surface area contributed by atoms with Crippen LogP contribution in [0.5, 0.6) is 0 Å². The van der Waals surface area contributed by atoms with Gasteiger partial charge in [0, 0.05) is 49.6 Å². The zero-order chi connectivity index (χ0) is 33.9. The molecule has 0 saturated carbocycles. The van der Waals surface area contributed by atoms with Gasteiger partial charge in [0.2, 0.25) is 0 Å². The average Bonchev–Trinajstić information content (AvgIpc) is 3.70. The molecule has 4 heteroatoms. The lowest BCUT2D eigenvalue weighted by atomic mass is 10.1. The Balaban J connectivity index is 1.11. The summed E-state index contributed by atoms with van der Waals surface area (Å²) in [6.45, 7) is 2.16. The van der Waals surface area contributed by atoms with Crippen LogP contribution in [0, 0.1) is 6.92 Å². The quantitative estimate of drug-likeness (QED) is 0.185. The fourth-order valence-corrected chi connectivity index (χ4v) is 7.59. The third kappa shape index (κ3) is 4.84. The summed E-state index contributed by atoms with van der Waals surface area (Å²) in [5, 5.41) is 5.00. The Morgan fingerprint density at radius 1 is 0.353 bits per heavy atom. The van der Waals surface area contributed by atoms with Crippen LogP contribution in [0.3, 0.4) is 0 Å². The summed E-state index contributed by atoms with van der Waals surface area (Å²) in [5.41, 5.74) is 13.2. The Bertz CT molecular complexity index is 2840. The first-order chi connectivity index (χ1) is 25.2. The molecule has 0 aliphatic heterocycles. The first-order valence-corrected chi connectivity index (χ1v) is 17.3. The average molecular weight is 653 g/mol. The van der Waals surface area contributed by atoms with Crippen LogP contribution >= 0.6 is 0 Å². The second kappa shape index (κ2) is 11.7. The Morgan fingerprint density at radius 3 is 1.47 bits per heavy atom. The van der Waals surface area contributed by atoms with E-state index in [1.165, 1.54) is 49.2 Å². The normalized spacial score (nSPS) is 11.6. The molecule has 3 aromatic heterocycles. The number of hydrogen-bond acceptors (Lipinski definition) is 2. The van der Waals surface area contributed by atoms with Crippen molar-refractivity contribution in [3.8, 4) is 45.3 Å². The van der Waals surface area contributed by atoms with E-state index in [-0.39, 0.29) is 0 Å². The van der Waals surface area contributed by atoms with Crippen molar-refractivity contribution >= 4 is 43.6 Å². The van der Waals surface area contributed by atoms with Gasteiger partial charge in [0.25, 0.3) is 0 Å². The number of aryl methyl sites for hydroxylation is 1. The fraction of sp³-hybridized carbons (Fsp3) is 0.0213. The van der Waals surface area contributed by atoms with Gasteiger partial charge in [0.05, 0.1) is 33.5 Å². The van der Waals surface area contributed by atoms with E-state index in [1.54, 1.807) is 0 Å². The van der Waals surface area contributed by atoms with Gasteiger partial charge in [-0.15, -0.1) is 0 Å². The minimum absolute atomic E-state index is 0.715. The Kier molecular flexibility index (Phi) is 6.68. The van der Waals surface area contributed by atoms with Gasteiger partial charge in [0.15, 0.2) is 5.82 Å². The molecule has 0 N–H and O–H groups in total. The van der Waals surface area contributed by atoms with Crippen molar-refractivity contribution < 1.29 is 0 Å². The molecule has 0 aliphatic carbocycles. The number of benzene rings is 7. The lowest BCUT2D eigenvalue weighted by Gasteiger charge is -2.12. The highest BCUT2D eigenvalue weighted by Crippen LogP contribution is 2.37. The van der Waals surface area contributed by atoms with E-state index in [4.69, 9.17) is 9.97 Å². The maximum atomic E-state index is 5.05. The van der Waals surface area contributed by atoms with E-state index in [1.807, 2.05) is 36.4 Å². The molecule has 0 unspecified atom stereocenters. The van der Waals surface area contributed by atoms with Gasteiger partial charge < -0.3 is 9.13 Å². The molecule has 4 nitrogen and oxygen atoms in total. The van der Waals surface area contributed by atoms with Crippen LogP contribution in [0.1, 0.15) is 5.56 Å². The monoisotopic (exact) mass is 652 g/mol. The molecule has 10 rings (SSSR count). The topological polar surface area (TPSA) is 35.6 Å². The maximum Gasteiger partial charge on any atom is 0.160 e. The van der Waals surface area contributed by atoms with Crippen molar-refractivity contribution in [3.05, 3.63) is 181 Å². The summed E-state index contributed by atoms with van der Waals surface area (Å²) in [4.78, 5) is 10.0. The molecule has 3 heterocycles. The van der Waals surface area contributed by atoms with Crippen LogP contribution in [0.25, 0.3) is 88.9 Å². The summed E-state index contributed by atoms with van der Waals surface area (Å²) < 4.78 is 4.78. The number of fused-ring (bicyclic) bond motifs is 6. The van der Waals surface area contributed by atoms with Crippen LogP contribution < -0.4 is 0 Å². The van der Waals surface area contributed by atoms with Gasteiger partial charge >= 0.3 is 0 Å². The number of hydrogen-bond donors (Lipinski definition) is 0. The van der Waals surface area contributed by atoms with E-state index in [9.17, 15) is 0 Å². The molecule has 0 bridgehead atoms. The zero-order valence-corrected chi connectivity index (χ0v) is 28.0. The van der Waals surface area contributed by atoms with E-state index < -0.39 is 0 Å². The van der Waals surface area contributed by atoms with Crippen molar-refractivity contribution in [3.63, 3.8) is 0 Å². The van der Waals surface area contributed by atoms with E-state index in [0.717, 1.165) is 39.5 Å². The van der Waals surface area contributed by atoms with Crippen LogP contribution in [0.15, 0.2) is 176 Å². The predicted octanol–water partition coefficient (Wildman–Crippen LogP) is 12.0. The van der Waals surface area contributed by atoms with Gasteiger partial charge in [-0.3, -0.25) is 0 Å². The van der Waals surface area contributed by atoms with Crippen LogP contribution in [0.2, 0.25) is 0 Å². The Morgan fingerprint density at radius 2 is 0.824 bits per heavy atom. The molecule has 0 aliphatic rings. The van der Waals surface area contributed by atoms with Gasteiger partial charge in [-0.2, -0.15) is 0 Å². The molecule has 0 atom stereocenters. The van der Waals surface area contributed by atoms with Crippen LogP contribution in [0.4, 0.5) is 0 Å². The van der Waals surface area contributed by atoms with Crippen molar-refractivity contribution in [1.82, 2.24) is 19.1 Å². The molecule has 0 radical (unpaired) electrons. The largest absolute Gasteiger partial charge is 0.309 e. The van der Waals surface area contributed by atoms with Gasteiger partial charge in [-0.25, -0.2) is 9.97 Å². The summed E-state index contributed by atoms with van der Waals surface area (Å²) in [6, 6.07) is 62.4. The number of aromatic nitrogens is 4. The molecule has 240 valence electrons. The molecule has 0 saturated heterocycles. The summed E-state index contributed by atoms with van der Waals surface area (Å²) in [5.74, 6) is 0.715. The SMILES string of the molecule is Cc1ccc2c(c1)c1ccccc1n2-c1ccc2c(c1)c1ccccc1n2-c1ccc(-c2cc(-c3ccccc3)nc(-c3ccccc3)n2)cc1. The molecular formula is C47H32N4. The van der Waals surface area contributed by atoms with E-state index >= 15 is 0 Å². The molecule has 0 fully saturated rings. The van der Waals surface area contributed by atoms with E-state index in [0.29, 0.717) is 5.82 Å². The van der Waals surface area contributed by atoms with Crippen molar-refractivity contribution in [2.24, 2.45) is 0 Å². The lowest BCUT2D eigenvalue weighted by molar-refractivity contribution is 1.16. The van der Waals surface area contributed by atoms with Crippen LogP contribution in [-0.4, -0.2) is 19.1 Å². The molecule has 0 amide bonds. The maximum absolute atomic E-state index is 5.05. The van der Waals surface area contributed by atoms with Gasteiger partial charge in [0.1, 0.15) is 0 Å². The lowest BCUT2D eigenvalue weighted by Crippen LogP contribution is -1.97. The highest BCUT2D eigenvalue weighted by atomic mass is 15.0. The number of para-hydroxylation sites is 2. The number of nitrogens with zero attached hydrogens (tertiary/aromatic N) is 4. The van der Waals surface area contributed by atoms with Crippen molar-refractivity contribution in [2.45, 2.75) is 6.92 Å². The fourth-order valence-electron chi connectivity index (χ4n) is 7.59.